The molecule has 0 radical (unpaired) electrons. The monoisotopic (exact) mass is 319 g/mol. The lowest BCUT2D eigenvalue weighted by atomic mass is 9.77. The number of likely N-dealkylation sites (tertiary alicyclic amines) is 1. The number of aliphatic hydroxyl groups is 1. The zero-order valence-electron chi connectivity index (χ0n) is 13.8. The minimum absolute atomic E-state index is 0.200. The topological polar surface area (TPSA) is 40.5 Å². The number of hydrogen-bond acceptors (Lipinski definition) is 2. The lowest BCUT2D eigenvalue weighted by Gasteiger charge is -2.39. The highest BCUT2D eigenvalue weighted by atomic mass is 19.1. The molecule has 2 aliphatic rings. The highest BCUT2D eigenvalue weighted by molar-refractivity contribution is 5.88. The number of rotatable bonds is 3. The average Bonchev–Trinajstić information content (AvgIpc) is 3.06. The third-order valence-corrected chi connectivity index (χ3v) is 5.77. The van der Waals surface area contributed by atoms with Gasteiger partial charge in [-0.2, -0.15) is 0 Å². The summed E-state index contributed by atoms with van der Waals surface area (Å²) in [7, 11) is 0. The van der Waals surface area contributed by atoms with Crippen LogP contribution in [0.4, 0.5) is 4.39 Å². The maximum Gasteiger partial charge on any atom is 0.233 e. The number of hydrogen-bond donors (Lipinski definition) is 1. The first-order chi connectivity index (χ1) is 11.0. The molecule has 1 atom stereocenters. The summed E-state index contributed by atoms with van der Waals surface area (Å²) in [5.74, 6) is 0.238. The Hall–Kier alpha value is -1.42. The van der Waals surface area contributed by atoms with E-state index < -0.39 is 5.41 Å². The summed E-state index contributed by atoms with van der Waals surface area (Å²) < 4.78 is 13.3. The predicted octanol–water partition coefficient (Wildman–Crippen LogP) is 3.26. The number of nitrogens with zero attached hydrogens (tertiary/aromatic N) is 1. The summed E-state index contributed by atoms with van der Waals surface area (Å²) in [5.41, 5.74) is 0.491. The molecule has 0 aromatic heterocycles. The first-order valence-corrected chi connectivity index (χ1v) is 8.76. The van der Waals surface area contributed by atoms with Crippen molar-refractivity contribution in [2.24, 2.45) is 5.92 Å². The molecule has 1 amide bonds. The van der Waals surface area contributed by atoms with E-state index in [1.54, 1.807) is 12.1 Å². The molecule has 1 unspecified atom stereocenters. The Labute approximate surface area is 137 Å². The zero-order valence-corrected chi connectivity index (χ0v) is 13.8. The summed E-state index contributed by atoms with van der Waals surface area (Å²) in [4.78, 5) is 15.2. The van der Waals surface area contributed by atoms with E-state index in [0.717, 1.165) is 57.2 Å². The van der Waals surface area contributed by atoms with Gasteiger partial charge in [-0.25, -0.2) is 4.39 Å². The number of aliphatic hydroxyl groups excluding tert-OH is 1. The Morgan fingerprint density at radius 2 is 1.78 bits per heavy atom. The van der Waals surface area contributed by atoms with Gasteiger partial charge in [-0.3, -0.25) is 4.79 Å². The Morgan fingerprint density at radius 3 is 2.30 bits per heavy atom. The zero-order chi connectivity index (χ0) is 16.4. The molecule has 0 spiro atoms. The Morgan fingerprint density at radius 1 is 1.22 bits per heavy atom. The fourth-order valence-electron chi connectivity index (χ4n) is 4.26. The van der Waals surface area contributed by atoms with E-state index in [0.29, 0.717) is 5.92 Å². The van der Waals surface area contributed by atoms with Gasteiger partial charge in [0.1, 0.15) is 5.82 Å². The third-order valence-electron chi connectivity index (χ3n) is 5.77. The minimum Gasteiger partial charge on any atom is -0.393 e. The van der Waals surface area contributed by atoms with Crippen LogP contribution >= 0.6 is 0 Å². The molecule has 1 saturated heterocycles. The van der Waals surface area contributed by atoms with Gasteiger partial charge in [0.15, 0.2) is 0 Å². The van der Waals surface area contributed by atoms with E-state index in [4.69, 9.17) is 0 Å². The van der Waals surface area contributed by atoms with Crippen LogP contribution in [0, 0.1) is 11.7 Å². The highest BCUT2D eigenvalue weighted by Crippen LogP contribution is 2.43. The van der Waals surface area contributed by atoms with Crippen molar-refractivity contribution in [2.75, 3.05) is 13.1 Å². The standard InChI is InChI=1S/C19H26FNO2/c1-14(22)15-8-12-21(13-9-15)18(23)19(10-2-3-11-19)16-4-6-17(20)7-5-16/h4-7,14-15,22H,2-3,8-13H2,1H3. The van der Waals surface area contributed by atoms with Gasteiger partial charge in [-0.1, -0.05) is 25.0 Å². The summed E-state index contributed by atoms with van der Waals surface area (Å²) in [6, 6.07) is 6.48. The van der Waals surface area contributed by atoms with Crippen LogP contribution in [0.3, 0.4) is 0 Å². The van der Waals surface area contributed by atoms with Crippen molar-refractivity contribution in [2.45, 2.75) is 57.0 Å². The van der Waals surface area contributed by atoms with Crippen LogP contribution in [-0.2, 0) is 10.2 Å². The van der Waals surface area contributed by atoms with Crippen LogP contribution in [0.1, 0.15) is 51.0 Å². The van der Waals surface area contributed by atoms with Gasteiger partial charge in [-0.15, -0.1) is 0 Å². The predicted molar refractivity (Wildman–Crippen MR) is 87.5 cm³/mol. The molecule has 1 saturated carbocycles. The quantitative estimate of drug-likeness (QED) is 0.929. The van der Waals surface area contributed by atoms with E-state index in [1.807, 2.05) is 11.8 Å². The fourth-order valence-corrected chi connectivity index (χ4v) is 4.26. The van der Waals surface area contributed by atoms with Gasteiger partial charge in [0.25, 0.3) is 0 Å². The molecule has 1 aliphatic heterocycles. The fraction of sp³-hybridized carbons (Fsp3) is 0.632. The van der Waals surface area contributed by atoms with Crippen molar-refractivity contribution in [3.8, 4) is 0 Å². The van der Waals surface area contributed by atoms with Crippen LogP contribution < -0.4 is 0 Å². The van der Waals surface area contributed by atoms with Gasteiger partial charge >= 0.3 is 0 Å². The molecule has 1 heterocycles. The van der Waals surface area contributed by atoms with E-state index in [2.05, 4.69) is 0 Å². The van der Waals surface area contributed by atoms with Gasteiger partial charge in [0.05, 0.1) is 11.5 Å². The van der Waals surface area contributed by atoms with Crippen molar-refractivity contribution < 1.29 is 14.3 Å². The van der Waals surface area contributed by atoms with Crippen LogP contribution in [0.5, 0.6) is 0 Å². The Kier molecular flexibility index (Phi) is 4.72. The van der Waals surface area contributed by atoms with E-state index >= 15 is 0 Å². The molecule has 3 nitrogen and oxygen atoms in total. The number of carbonyl (C=O) groups excluding carboxylic acids is 1. The molecular weight excluding hydrogens is 293 g/mol. The Balaban J connectivity index is 1.79. The summed E-state index contributed by atoms with van der Waals surface area (Å²) >= 11 is 0. The summed E-state index contributed by atoms with van der Waals surface area (Å²) in [5, 5.41) is 9.73. The second-order valence-corrected chi connectivity index (χ2v) is 7.17. The molecular formula is C19H26FNO2. The lowest BCUT2D eigenvalue weighted by Crippen LogP contribution is -2.49. The summed E-state index contributed by atoms with van der Waals surface area (Å²) in [6.45, 7) is 3.27. The minimum atomic E-state index is -0.467. The van der Waals surface area contributed by atoms with Crippen molar-refractivity contribution in [3.63, 3.8) is 0 Å². The number of halogens is 1. The second kappa shape index (κ2) is 6.60. The number of piperidine rings is 1. The molecule has 0 bridgehead atoms. The number of benzene rings is 1. The Bertz CT molecular complexity index is 541. The van der Waals surface area contributed by atoms with Gasteiger partial charge in [0.2, 0.25) is 5.91 Å². The van der Waals surface area contributed by atoms with E-state index in [-0.39, 0.29) is 17.8 Å². The van der Waals surface area contributed by atoms with Crippen LogP contribution in [0.2, 0.25) is 0 Å². The molecule has 126 valence electrons. The average molecular weight is 319 g/mol. The van der Waals surface area contributed by atoms with Crippen molar-refractivity contribution in [1.29, 1.82) is 0 Å². The molecule has 1 aromatic carbocycles. The smallest absolute Gasteiger partial charge is 0.233 e. The van der Waals surface area contributed by atoms with Gasteiger partial charge in [0, 0.05) is 13.1 Å². The molecule has 1 aliphatic carbocycles. The highest BCUT2D eigenvalue weighted by Gasteiger charge is 2.45. The van der Waals surface area contributed by atoms with Crippen molar-refractivity contribution in [3.05, 3.63) is 35.6 Å². The second-order valence-electron chi connectivity index (χ2n) is 7.17. The van der Waals surface area contributed by atoms with Crippen LogP contribution in [0.25, 0.3) is 0 Å². The van der Waals surface area contributed by atoms with Gasteiger partial charge in [-0.05, 0) is 56.2 Å². The normalized spacial score (nSPS) is 23.0. The third kappa shape index (κ3) is 3.14. The molecule has 2 fully saturated rings. The van der Waals surface area contributed by atoms with Crippen LogP contribution in [0.15, 0.2) is 24.3 Å². The SMILES string of the molecule is CC(O)C1CCN(C(=O)C2(c3ccc(F)cc3)CCCC2)CC1. The largest absolute Gasteiger partial charge is 0.393 e. The maximum atomic E-state index is 13.3. The first kappa shape index (κ1) is 16.4. The maximum absolute atomic E-state index is 13.3. The number of carbonyl (C=O) groups is 1. The van der Waals surface area contributed by atoms with Crippen molar-refractivity contribution >= 4 is 5.91 Å². The van der Waals surface area contributed by atoms with E-state index in [9.17, 15) is 14.3 Å². The van der Waals surface area contributed by atoms with Crippen molar-refractivity contribution in [1.82, 2.24) is 4.90 Å². The molecule has 3 rings (SSSR count). The molecule has 4 heteroatoms. The molecule has 1 N–H and O–H groups in total. The molecule has 1 aromatic rings. The van der Waals surface area contributed by atoms with Gasteiger partial charge < -0.3 is 10.0 Å². The summed E-state index contributed by atoms with van der Waals surface area (Å²) in [6.07, 6.45) is 5.23. The molecule has 23 heavy (non-hydrogen) atoms. The lowest BCUT2D eigenvalue weighted by molar-refractivity contribution is -0.139. The first-order valence-electron chi connectivity index (χ1n) is 8.76. The van der Waals surface area contributed by atoms with Crippen LogP contribution in [-0.4, -0.2) is 35.1 Å². The van der Waals surface area contributed by atoms with E-state index in [1.165, 1.54) is 12.1 Å². The number of amides is 1.